The first kappa shape index (κ1) is 21.8. The number of hydrogen-bond acceptors (Lipinski definition) is 4. The molecule has 0 aliphatic heterocycles. The number of halogens is 7. The van der Waals surface area contributed by atoms with Gasteiger partial charge in [0.25, 0.3) is 6.43 Å². The van der Waals surface area contributed by atoms with Gasteiger partial charge in [0.05, 0.1) is 11.1 Å². The molecule has 1 heterocycles. The number of aromatic nitrogens is 1. The molecule has 0 aliphatic rings. The summed E-state index contributed by atoms with van der Waals surface area (Å²) < 4.78 is 121. The second-order valence-corrected chi connectivity index (χ2v) is 7.49. The average molecular weight is 454 g/mol. The lowest BCUT2D eigenvalue weighted by Gasteiger charge is -2.10. The van der Waals surface area contributed by atoms with Gasteiger partial charge < -0.3 is 4.52 Å². The highest BCUT2D eigenvalue weighted by Crippen LogP contribution is 2.42. The van der Waals surface area contributed by atoms with Crippen molar-refractivity contribution in [2.24, 2.45) is 5.14 Å². The third kappa shape index (κ3) is 4.03. The maximum Gasteiger partial charge on any atom is 0.416 e. The molecule has 0 saturated heterocycles. The Balaban J connectivity index is 2.30. The van der Waals surface area contributed by atoms with Crippen LogP contribution in [-0.4, -0.2) is 13.6 Å². The Kier molecular flexibility index (Phi) is 5.37. The summed E-state index contributed by atoms with van der Waals surface area (Å²) in [6.45, 7) is 0. The Labute approximate surface area is 164 Å². The minimum absolute atomic E-state index is 0.165. The molecule has 13 heteroatoms. The summed E-state index contributed by atoms with van der Waals surface area (Å²) in [6, 6.07) is 3.73. The van der Waals surface area contributed by atoms with Gasteiger partial charge in [-0.25, -0.2) is 31.1 Å². The van der Waals surface area contributed by atoms with Crippen LogP contribution in [0.4, 0.5) is 30.7 Å². The predicted molar refractivity (Wildman–Crippen MR) is 88.6 cm³/mol. The Morgan fingerprint density at radius 2 is 1.70 bits per heavy atom. The van der Waals surface area contributed by atoms with Crippen LogP contribution in [0.25, 0.3) is 22.4 Å². The number of alkyl halides is 5. The molecule has 1 aromatic heterocycles. The molecule has 30 heavy (non-hydrogen) atoms. The first-order valence-corrected chi connectivity index (χ1v) is 9.33. The molecule has 5 nitrogen and oxygen atoms in total. The molecule has 0 amide bonds. The highest BCUT2D eigenvalue weighted by molar-refractivity contribution is 7.89. The standard InChI is InChI=1S/C17H9F7N2O3S/c18-10-6-12(30(25,27)28)11(19)5-9(10)13-14(26-29-15(13)16(20)21)7-2-1-3-8(4-7)17(22,23)24/h1-6,16H,(H2,25,27,28). The lowest BCUT2D eigenvalue weighted by Crippen LogP contribution is -2.14. The molecule has 0 saturated carbocycles. The first-order valence-electron chi connectivity index (χ1n) is 7.78. The van der Waals surface area contributed by atoms with Crippen molar-refractivity contribution < 1.29 is 43.7 Å². The number of nitrogens with zero attached hydrogens (tertiary/aromatic N) is 1. The van der Waals surface area contributed by atoms with Crippen LogP contribution in [0.15, 0.2) is 45.8 Å². The zero-order valence-electron chi connectivity index (χ0n) is 14.3. The van der Waals surface area contributed by atoms with Crippen LogP contribution in [0.1, 0.15) is 17.7 Å². The lowest BCUT2D eigenvalue weighted by molar-refractivity contribution is -0.137. The van der Waals surface area contributed by atoms with Crippen molar-refractivity contribution in [1.82, 2.24) is 5.16 Å². The van der Waals surface area contributed by atoms with Gasteiger partial charge in [-0.2, -0.15) is 13.2 Å². The number of benzene rings is 2. The molecule has 0 fully saturated rings. The van der Waals surface area contributed by atoms with Crippen molar-refractivity contribution >= 4 is 10.0 Å². The molecule has 0 spiro atoms. The summed E-state index contributed by atoms with van der Waals surface area (Å²) >= 11 is 0. The predicted octanol–water partition coefficient (Wildman–Crippen LogP) is 4.89. The van der Waals surface area contributed by atoms with Crippen molar-refractivity contribution in [1.29, 1.82) is 0 Å². The molecule has 3 aromatic rings. The summed E-state index contributed by atoms with van der Waals surface area (Å²) in [5, 5.41) is 8.05. The Hall–Kier alpha value is -2.93. The number of nitrogens with two attached hydrogens (primary N) is 1. The molecule has 2 N–H and O–H groups in total. The first-order chi connectivity index (χ1) is 13.8. The van der Waals surface area contributed by atoms with E-state index >= 15 is 0 Å². The quantitative estimate of drug-likeness (QED) is 0.569. The normalized spacial score (nSPS) is 12.6. The van der Waals surface area contributed by atoms with Gasteiger partial charge in [0.2, 0.25) is 15.8 Å². The Morgan fingerprint density at radius 3 is 2.27 bits per heavy atom. The largest absolute Gasteiger partial charge is 0.416 e. The fourth-order valence-corrected chi connectivity index (χ4v) is 3.29. The van der Waals surface area contributed by atoms with E-state index in [4.69, 9.17) is 5.14 Å². The molecule has 3 rings (SSSR count). The highest BCUT2D eigenvalue weighted by atomic mass is 32.2. The van der Waals surface area contributed by atoms with E-state index < -0.39 is 67.3 Å². The number of primary sulfonamides is 1. The van der Waals surface area contributed by atoms with Crippen molar-refractivity contribution in [3.8, 4) is 22.4 Å². The fourth-order valence-electron chi connectivity index (χ4n) is 2.69. The van der Waals surface area contributed by atoms with Gasteiger partial charge in [-0.3, -0.25) is 0 Å². The molecule has 160 valence electrons. The second-order valence-electron chi connectivity index (χ2n) is 5.96. The minimum Gasteiger partial charge on any atom is -0.354 e. The van der Waals surface area contributed by atoms with Crippen LogP contribution in [0, 0.1) is 11.6 Å². The van der Waals surface area contributed by atoms with Crippen LogP contribution in [-0.2, 0) is 16.2 Å². The van der Waals surface area contributed by atoms with Crippen molar-refractivity contribution in [3.63, 3.8) is 0 Å². The van der Waals surface area contributed by atoms with E-state index in [0.29, 0.717) is 12.1 Å². The van der Waals surface area contributed by atoms with E-state index in [1.807, 2.05) is 0 Å². The van der Waals surface area contributed by atoms with E-state index in [2.05, 4.69) is 9.68 Å². The van der Waals surface area contributed by atoms with Crippen LogP contribution >= 0.6 is 0 Å². The molecule has 0 unspecified atom stereocenters. The number of rotatable bonds is 4. The molecular weight excluding hydrogens is 445 g/mol. The van der Waals surface area contributed by atoms with E-state index in [0.717, 1.165) is 12.1 Å². The zero-order valence-corrected chi connectivity index (χ0v) is 15.2. The summed E-state index contributed by atoms with van der Waals surface area (Å²) in [7, 11) is -4.68. The lowest BCUT2D eigenvalue weighted by atomic mass is 9.97. The number of hydrogen-bond donors (Lipinski definition) is 1. The van der Waals surface area contributed by atoms with Crippen molar-refractivity contribution in [2.75, 3.05) is 0 Å². The van der Waals surface area contributed by atoms with Crippen molar-refractivity contribution in [2.45, 2.75) is 17.5 Å². The van der Waals surface area contributed by atoms with Crippen LogP contribution < -0.4 is 5.14 Å². The summed E-state index contributed by atoms with van der Waals surface area (Å²) in [6.07, 6.45) is -8.17. The molecule has 0 aliphatic carbocycles. The Morgan fingerprint density at radius 1 is 1.03 bits per heavy atom. The third-order valence-corrected chi connectivity index (χ3v) is 4.90. The van der Waals surface area contributed by atoms with E-state index in [-0.39, 0.29) is 17.7 Å². The zero-order chi connectivity index (χ0) is 22.4. The summed E-state index contributed by atoms with van der Waals surface area (Å²) in [4.78, 5) is -1.24. The molecule has 0 radical (unpaired) electrons. The van der Waals surface area contributed by atoms with E-state index in [1.165, 1.54) is 0 Å². The van der Waals surface area contributed by atoms with E-state index in [1.54, 1.807) is 0 Å². The molecule has 0 bridgehead atoms. The minimum atomic E-state index is -4.78. The maximum absolute atomic E-state index is 14.6. The monoisotopic (exact) mass is 454 g/mol. The molecule has 0 atom stereocenters. The van der Waals surface area contributed by atoms with Gasteiger partial charge in [0.1, 0.15) is 22.2 Å². The summed E-state index contributed by atoms with van der Waals surface area (Å²) in [5.74, 6) is -4.30. The summed E-state index contributed by atoms with van der Waals surface area (Å²) in [5.41, 5.74) is -3.88. The van der Waals surface area contributed by atoms with Gasteiger partial charge in [0.15, 0.2) is 0 Å². The fraction of sp³-hybridized carbons (Fsp3) is 0.118. The third-order valence-electron chi connectivity index (χ3n) is 3.98. The van der Waals surface area contributed by atoms with Crippen LogP contribution in [0.5, 0.6) is 0 Å². The van der Waals surface area contributed by atoms with Gasteiger partial charge >= 0.3 is 6.18 Å². The van der Waals surface area contributed by atoms with Gasteiger partial charge in [-0.15, -0.1) is 0 Å². The Bertz CT molecular complexity index is 1220. The SMILES string of the molecule is NS(=O)(=O)c1cc(F)c(-c2c(-c3cccc(C(F)(F)F)c3)noc2C(F)F)cc1F. The van der Waals surface area contributed by atoms with Crippen molar-refractivity contribution in [3.05, 3.63) is 59.4 Å². The van der Waals surface area contributed by atoms with Crippen LogP contribution in [0.2, 0.25) is 0 Å². The van der Waals surface area contributed by atoms with E-state index in [9.17, 15) is 39.2 Å². The van der Waals surface area contributed by atoms with Gasteiger partial charge in [0, 0.05) is 11.1 Å². The topological polar surface area (TPSA) is 86.2 Å². The van der Waals surface area contributed by atoms with Gasteiger partial charge in [-0.05, 0) is 24.3 Å². The smallest absolute Gasteiger partial charge is 0.354 e. The average Bonchev–Trinajstić information content (AvgIpc) is 3.07. The van der Waals surface area contributed by atoms with Crippen LogP contribution in [0.3, 0.4) is 0 Å². The molecule has 2 aromatic carbocycles. The van der Waals surface area contributed by atoms with Gasteiger partial charge in [-0.1, -0.05) is 17.3 Å². The maximum atomic E-state index is 14.6. The highest BCUT2D eigenvalue weighted by Gasteiger charge is 2.33. The second kappa shape index (κ2) is 7.40. The molecular formula is C17H9F7N2O3S. The number of sulfonamides is 1.